The first-order valence-electron chi connectivity index (χ1n) is 8.30. The van der Waals surface area contributed by atoms with Crippen LogP contribution in [0.4, 0.5) is 5.69 Å². The number of rotatable bonds is 2. The number of anilines is 1. The number of aryl methyl sites for hydroxylation is 1. The first kappa shape index (κ1) is 15.5. The minimum Gasteiger partial charge on any atom is -0.478 e. The summed E-state index contributed by atoms with van der Waals surface area (Å²) < 4.78 is 0. The highest BCUT2D eigenvalue weighted by Crippen LogP contribution is 2.53. The van der Waals surface area contributed by atoms with E-state index < -0.39 is 5.97 Å². The Morgan fingerprint density at radius 3 is 2.92 bits per heavy atom. The van der Waals surface area contributed by atoms with E-state index in [1.54, 1.807) is 6.07 Å². The van der Waals surface area contributed by atoms with Crippen molar-refractivity contribution < 1.29 is 9.90 Å². The van der Waals surface area contributed by atoms with Gasteiger partial charge in [-0.25, -0.2) is 4.79 Å². The minimum absolute atomic E-state index is 0.119. The first-order chi connectivity index (χ1) is 11.5. The van der Waals surface area contributed by atoms with E-state index in [9.17, 15) is 4.79 Å². The molecule has 0 unspecified atom stereocenters. The summed E-state index contributed by atoms with van der Waals surface area (Å²) >= 11 is 6.20. The van der Waals surface area contributed by atoms with Crippen molar-refractivity contribution in [1.82, 2.24) is 4.98 Å². The van der Waals surface area contributed by atoms with Gasteiger partial charge in [-0.1, -0.05) is 18.0 Å². The van der Waals surface area contributed by atoms with Gasteiger partial charge in [-0.2, -0.15) is 0 Å². The molecule has 0 radical (unpaired) electrons. The van der Waals surface area contributed by atoms with E-state index in [1.807, 2.05) is 19.1 Å². The van der Waals surface area contributed by atoms with Crippen LogP contribution in [0.1, 0.15) is 58.4 Å². The molecule has 0 spiro atoms. The van der Waals surface area contributed by atoms with Crippen LogP contribution in [0.2, 0.25) is 5.02 Å². The summed E-state index contributed by atoms with van der Waals surface area (Å²) in [4.78, 5) is 15.7. The second-order valence-corrected chi connectivity index (χ2v) is 7.22. The fourth-order valence-corrected chi connectivity index (χ4v) is 4.50. The van der Waals surface area contributed by atoms with Gasteiger partial charge in [0.1, 0.15) is 0 Å². The molecule has 0 amide bonds. The Morgan fingerprint density at radius 1 is 1.33 bits per heavy atom. The first-order valence-corrected chi connectivity index (χ1v) is 8.68. The number of benzene rings is 1. The molecule has 3 atom stereocenters. The zero-order valence-corrected chi connectivity index (χ0v) is 14.2. The molecule has 0 saturated heterocycles. The van der Waals surface area contributed by atoms with Crippen molar-refractivity contribution >= 4 is 23.3 Å². The monoisotopic (exact) mass is 342 g/mol. The third-order valence-corrected chi connectivity index (χ3v) is 5.62. The van der Waals surface area contributed by atoms with Gasteiger partial charge >= 0.3 is 5.97 Å². The molecular weight excluding hydrogens is 324 g/mol. The number of fused-ring (bicyclic) bond motifs is 3. The maximum absolute atomic E-state index is 11.2. The molecule has 5 heteroatoms. The fourth-order valence-electron chi connectivity index (χ4n) is 4.32. The SMILES string of the molecule is Cc1cc(C(=O)O)cnc1[C@@H]1Nc2ccc(Cl)cc2[C@@H]2CCC[C@@H]21. The van der Waals surface area contributed by atoms with Crippen molar-refractivity contribution in [3.63, 3.8) is 0 Å². The van der Waals surface area contributed by atoms with E-state index in [0.29, 0.717) is 11.8 Å². The van der Waals surface area contributed by atoms with Crippen LogP contribution < -0.4 is 5.32 Å². The average Bonchev–Trinajstić information content (AvgIpc) is 3.04. The van der Waals surface area contributed by atoms with Crippen molar-refractivity contribution in [2.45, 2.75) is 38.1 Å². The van der Waals surface area contributed by atoms with Gasteiger partial charge in [-0.05, 0) is 67.0 Å². The molecule has 124 valence electrons. The number of carboxylic acid groups (broad SMARTS) is 1. The van der Waals surface area contributed by atoms with Crippen molar-refractivity contribution in [2.75, 3.05) is 5.32 Å². The molecular formula is C19H19ClN2O2. The maximum atomic E-state index is 11.2. The molecule has 4 nitrogen and oxygen atoms in total. The van der Waals surface area contributed by atoms with Gasteiger partial charge in [0.25, 0.3) is 0 Å². The molecule has 2 aromatic rings. The van der Waals surface area contributed by atoms with Crippen molar-refractivity contribution in [3.05, 3.63) is 57.9 Å². The summed E-state index contributed by atoms with van der Waals surface area (Å²) in [7, 11) is 0. The largest absolute Gasteiger partial charge is 0.478 e. The predicted molar refractivity (Wildman–Crippen MR) is 93.8 cm³/mol. The van der Waals surface area contributed by atoms with Gasteiger partial charge in [0.15, 0.2) is 0 Å². The molecule has 1 saturated carbocycles. The Bertz CT molecular complexity index is 821. The number of aromatic nitrogens is 1. The Labute approximate surface area is 145 Å². The Kier molecular flexibility index (Phi) is 3.72. The molecule has 2 N–H and O–H groups in total. The zero-order chi connectivity index (χ0) is 16.8. The van der Waals surface area contributed by atoms with E-state index in [4.69, 9.17) is 16.7 Å². The summed E-state index contributed by atoms with van der Waals surface area (Å²) in [5, 5.41) is 13.6. The molecule has 2 aliphatic rings. The molecule has 0 bridgehead atoms. The van der Waals surface area contributed by atoms with Gasteiger partial charge in [0.2, 0.25) is 0 Å². The molecule has 1 aromatic carbocycles. The number of halogens is 1. The number of pyridine rings is 1. The maximum Gasteiger partial charge on any atom is 0.337 e. The quantitative estimate of drug-likeness (QED) is 0.823. The van der Waals surface area contributed by atoms with E-state index in [1.165, 1.54) is 24.6 Å². The van der Waals surface area contributed by atoms with Crippen LogP contribution >= 0.6 is 11.6 Å². The summed E-state index contributed by atoms with van der Waals surface area (Å²) in [5.74, 6) is 0.0237. The van der Waals surface area contributed by atoms with Crippen LogP contribution in [0.15, 0.2) is 30.5 Å². The van der Waals surface area contributed by atoms with E-state index in [0.717, 1.165) is 28.4 Å². The fraction of sp³-hybridized carbons (Fsp3) is 0.368. The second-order valence-electron chi connectivity index (χ2n) is 6.79. The summed E-state index contributed by atoms with van der Waals surface area (Å²) in [6.07, 6.45) is 4.98. The molecule has 1 aromatic heterocycles. The van der Waals surface area contributed by atoms with Gasteiger partial charge in [0, 0.05) is 16.9 Å². The van der Waals surface area contributed by atoms with Crippen LogP contribution in [0.25, 0.3) is 0 Å². The number of nitrogens with zero attached hydrogens (tertiary/aromatic N) is 1. The Balaban J connectivity index is 1.77. The zero-order valence-electron chi connectivity index (χ0n) is 13.4. The lowest BCUT2D eigenvalue weighted by molar-refractivity contribution is 0.0696. The number of carbonyl (C=O) groups is 1. The molecule has 2 heterocycles. The van der Waals surface area contributed by atoms with E-state index >= 15 is 0 Å². The van der Waals surface area contributed by atoms with Crippen LogP contribution in [0, 0.1) is 12.8 Å². The number of carboxylic acids is 1. The molecule has 24 heavy (non-hydrogen) atoms. The highest BCUT2D eigenvalue weighted by atomic mass is 35.5. The topological polar surface area (TPSA) is 62.2 Å². The minimum atomic E-state index is -0.938. The predicted octanol–water partition coefficient (Wildman–Crippen LogP) is 4.79. The van der Waals surface area contributed by atoms with Gasteiger partial charge < -0.3 is 10.4 Å². The van der Waals surface area contributed by atoms with E-state index in [-0.39, 0.29) is 11.6 Å². The summed E-state index contributed by atoms with van der Waals surface area (Å²) in [5.41, 5.74) is 4.55. The molecule has 1 aliphatic carbocycles. The summed E-state index contributed by atoms with van der Waals surface area (Å²) in [6, 6.07) is 7.87. The lowest BCUT2D eigenvalue weighted by atomic mass is 9.78. The number of aromatic carboxylic acids is 1. The second kappa shape index (κ2) is 5.78. The van der Waals surface area contributed by atoms with Crippen molar-refractivity contribution in [2.24, 2.45) is 5.92 Å². The Morgan fingerprint density at radius 2 is 2.17 bits per heavy atom. The number of nitrogens with one attached hydrogen (secondary N) is 1. The standard InChI is InChI=1S/C19H19ClN2O2/c1-10-7-11(19(23)24)9-21-17(10)18-14-4-2-3-13(14)15-8-12(20)5-6-16(15)22-18/h5-9,13-14,18,22H,2-4H2,1H3,(H,23,24)/t13-,14+,18-/m1/s1. The highest BCUT2D eigenvalue weighted by molar-refractivity contribution is 6.30. The molecule has 1 fully saturated rings. The van der Waals surface area contributed by atoms with Gasteiger partial charge in [0.05, 0.1) is 17.3 Å². The van der Waals surface area contributed by atoms with E-state index in [2.05, 4.69) is 16.4 Å². The van der Waals surface area contributed by atoms with Crippen LogP contribution in [-0.4, -0.2) is 16.1 Å². The average molecular weight is 343 g/mol. The third-order valence-electron chi connectivity index (χ3n) is 5.38. The van der Waals surface area contributed by atoms with Crippen LogP contribution in [0.3, 0.4) is 0 Å². The highest BCUT2D eigenvalue weighted by Gasteiger charge is 2.41. The van der Waals surface area contributed by atoms with Crippen molar-refractivity contribution in [1.29, 1.82) is 0 Å². The summed E-state index contributed by atoms with van der Waals surface area (Å²) in [6.45, 7) is 1.94. The third kappa shape index (κ3) is 2.46. The number of hydrogen-bond acceptors (Lipinski definition) is 3. The van der Waals surface area contributed by atoms with Crippen LogP contribution in [-0.2, 0) is 0 Å². The smallest absolute Gasteiger partial charge is 0.337 e. The molecule has 4 rings (SSSR count). The van der Waals surface area contributed by atoms with Crippen LogP contribution in [0.5, 0.6) is 0 Å². The van der Waals surface area contributed by atoms with Gasteiger partial charge in [-0.15, -0.1) is 0 Å². The normalized spacial score (nSPS) is 24.8. The lowest BCUT2D eigenvalue weighted by Crippen LogP contribution is -2.30. The number of hydrogen-bond donors (Lipinski definition) is 2. The Hall–Kier alpha value is -2.07. The lowest BCUT2D eigenvalue weighted by Gasteiger charge is -2.37. The molecule has 1 aliphatic heterocycles. The van der Waals surface area contributed by atoms with Crippen molar-refractivity contribution in [3.8, 4) is 0 Å². The van der Waals surface area contributed by atoms with Gasteiger partial charge in [-0.3, -0.25) is 4.98 Å².